The van der Waals surface area contributed by atoms with Gasteiger partial charge in [-0.05, 0) is 50.8 Å². The van der Waals surface area contributed by atoms with Crippen LogP contribution in [-0.2, 0) is 6.54 Å². The van der Waals surface area contributed by atoms with Gasteiger partial charge in [-0.1, -0.05) is 19.3 Å². The Kier molecular flexibility index (Phi) is 6.73. The second kappa shape index (κ2) is 9.66. The molecule has 2 heterocycles. The van der Waals surface area contributed by atoms with Crippen LogP contribution in [0.15, 0.2) is 24.5 Å². The van der Waals surface area contributed by atoms with Crippen molar-refractivity contribution in [1.29, 1.82) is 0 Å². The average Bonchev–Trinajstić information content (AvgIpc) is 3.28. The van der Waals surface area contributed by atoms with Gasteiger partial charge in [0.1, 0.15) is 18.0 Å². The molecule has 2 aromatic rings. The maximum Gasteiger partial charge on any atom is 0.321 e. The van der Waals surface area contributed by atoms with Crippen LogP contribution in [0.2, 0.25) is 0 Å². The predicted octanol–water partition coefficient (Wildman–Crippen LogP) is 4.62. The van der Waals surface area contributed by atoms with Gasteiger partial charge in [0.2, 0.25) is 0 Å². The van der Waals surface area contributed by atoms with E-state index in [9.17, 15) is 9.18 Å². The van der Waals surface area contributed by atoms with Crippen LogP contribution in [0.3, 0.4) is 0 Å². The van der Waals surface area contributed by atoms with Crippen LogP contribution in [0, 0.1) is 5.82 Å². The van der Waals surface area contributed by atoms with Crippen LogP contribution >= 0.6 is 0 Å². The van der Waals surface area contributed by atoms with Gasteiger partial charge in [-0.25, -0.2) is 9.18 Å². The van der Waals surface area contributed by atoms with E-state index in [2.05, 4.69) is 27.3 Å². The molecule has 1 aromatic carbocycles. The summed E-state index contributed by atoms with van der Waals surface area (Å²) in [7, 11) is 1.97. The Hall–Kier alpha value is -2.64. The topological polar surface area (TPSA) is 66.3 Å². The third-order valence-corrected chi connectivity index (χ3v) is 6.76. The molecule has 2 amide bonds. The third kappa shape index (κ3) is 4.83. The quantitative estimate of drug-likeness (QED) is 0.755. The van der Waals surface area contributed by atoms with E-state index in [0.29, 0.717) is 30.5 Å². The number of nitrogens with zero attached hydrogens (tertiary/aromatic N) is 5. The van der Waals surface area contributed by atoms with E-state index in [1.54, 1.807) is 23.4 Å². The van der Waals surface area contributed by atoms with Gasteiger partial charge in [0.05, 0.1) is 5.69 Å². The number of hydrogen-bond acceptors (Lipinski definition) is 4. The highest BCUT2D eigenvalue weighted by Gasteiger charge is 2.28. The van der Waals surface area contributed by atoms with Crippen molar-refractivity contribution in [3.05, 3.63) is 36.2 Å². The highest BCUT2D eigenvalue weighted by atomic mass is 19.1. The zero-order valence-electron chi connectivity index (χ0n) is 18.6. The number of carbonyl (C=O) groups is 1. The lowest BCUT2D eigenvalue weighted by Gasteiger charge is -2.33. The van der Waals surface area contributed by atoms with Crippen molar-refractivity contribution in [3.63, 3.8) is 0 Å². The zero-order valence-corrected chi connectivity index (χ0v) is 18.6. The average molecular weight is 429 g/mol. The molecule has 2 aliphatic rings. The second-order valence-corrected chi connectivity index (χ2v) is 8.76. The normalized spacial score (nSPS) is 20.0. The molecule has 1 aromatic heterocycles. The maximum atomic E-state index is 14.9. The number of anilines is 2. The van der Waals surface area contributed by atoms with Crippen molar-refractivity contribution < 1.29 is 9.18 Å². The zero-order chi connectivity index (χ0) is 21.8. The number of nitrogens with one attached hydrogen (secondary N) is 1. The Morgan fingerprint density at radius 1 is 1.23 bits per heavy atom. The molecule has 8 heteroatoms. The number of carbonyl (C=O) groups excluding carboxylic acids is 1. The fourth-order valence-corrected chi connectivity index (χ4v) is 4.93. The summed E-state index contributed by atoms with van der Waals surface area (Å²) in [6.07, 6.45) is 9.53. The van der Waals surface area contributed by atoms with Gasteiger partial charge in [0.15, 0.2) is 0 Å². The molecular formula is C23H33FN6O. The summed E-state index contributed by atoms with van der Waals surface area (Å²) in [4.78, 5) is 16.7. The summed E-state index contributed by atoms with van der Waals surface area (Å²) in [6.45, 7) is 4.15. The number of urea groups is 1. The van der Waals surface area contributed by atoms with Gasteiger partial charge in [0.25, 0.3) is 0 Å². The smallest absolute Gasteiger partial charge is 0.321 e. The molecular weight excluding hydrogens is 395 g/mol. The molecule has 1 saturated heterocycles. The minimum Gasteiger partial charge on any atom is -0.369 e. The molecule has 1 aliphatic carbocycles. The fraction of sp³-hybridized carbons (Fsp3) is 0.609. The van der Waals surface area contributed by atoms with E-state index in [0.717, 1.165) is 38.1 Å². The first-order valence-corrected chi connectivity index (χ1v) is 11.5. The molecule has 7 nitrogen and oxygen atoms in total. The van der Waals surface area contributed by atoms with E-state index in [4.69, 9.17) is 0 Å². The van der Waals surface area contributed by atoms with Crippen molar-refractivity contribution in [2.24, 2.45) is 0 Å². The lowest BCUT2D eigenvalue weighted by Crippen LogP contribution is -2.42. The molecule has 31 heavy (non-hydrogen) atoms. The van der Waals surface area contributed by atoms with Crippen molar-refractivity contribution in [2.75, 3.05) is 30.4 Å². The molecule has 2 fully saturated rings. The number of benzene rings is 1. The number of amides is 2. The predicted molar refractivity (Wildman–Crippen MR) is 120 cm³/mol. The molecule has 1 N–H and O–H groups in total. The molecule has 4 rings (SSSR count). The summed E-state index contributed by atoms with van der Waals surface area (Å²) in [5.41, 5.74) is 1.09. The van der Waals surface area contributed by atoms with E-state index < -0.39 is 0 Å². The van der Waals surface area contributed by atoms with Gasteiger partial charge in [-0.2, -0.15) is 0 Å². The molecule has 1 saturated carbocycles. The van der Waals surface area contributed by atoms with Crippen molar-refractivity contribution >= 4 is 17.4 Å². The summed E-state index contributed by atoms with van der Waals surface area (Å²) >= 11 is 0. The maximum absolute atomic E-state index is 14.9. The molecule has 1 atom stereocenters. The molecule has 0 unspecified atom stereocenters. The fourth-order valence-electron chi connectivity index (χ4n) is 4.93. The summed E-state index contributed by atoms with van der Waals surface area (Å²) < 4.78 is 16.9. The van der Waals surface area contributed by atoms with E-state index in [1.807, 2.05) is 11.6 Å². The molecule has 0 spiro atoms. The molecule has 168 valence electrons. The number of aromatic nitrogens is 3. The van der Waals surface area contributed by atoms with E-state index in [-0.39, 0.29) is 17.8 Å². The first-order chi connectivity index (χ1) is 15.1. The SMILES string of the molecule is CCn1cnnc1[C@@H]1CCCN(C(=O)Nc2ccc(N(C)C3CCCCC3)c(F)c2)C1. The molecule has 1 aliphatic heterocycles. The van der Waals surface area contributed by atoms with E-state index >= 15 is 0 Å². The first-order valence-electron chi connectivity index (χ1n) is 11.5. The number of halogens is 1. The van der Waals surface area contributed by atoms with Crippen LogP contribution in [0.25, 0.3) is 0 Å². The number of aryl methyl sites for hydroxylation is 1. The van der Waals surface area contributed by atoms with Crippen molar-refractivity contribution in [1.82, 2.24) is 19.7 Å². The minimum absolute atomic E-state index is 0.171. The Bertz CT molecular complexity index is 894. The minimum atomic E-state index is -0.293. The Morgan fingerprint density at radius 2 is 2.03 bits per heavy atom. The summed E-state index contributed by atoms with van der Waals surface area (Å²) in [6, 6.07) is 5.20. The van der Waals surface area contributed by atoms with Crippen molar-refractivity contribution in [3.8, 4) is 0 Å². The summed E-state index contributed by atoms with van der Waals surface area (Å²) in [5.74, 6) is 0.810. The van der Waals surface area contributed by atoms with Gasteiger partial charge in [0, 0.05) is 44.3 Å². The third-order valence-electron chi connectivity index (χ3n) is 6.76. The van der Waals surface area contributed by atoms with Gasteiger partial charge in [-0.15, -0.1) is 10.2 Å². The van der Waals surface area contributed by atoms with Crippen LogP contribution in [-0.4, -0.2) is 51.9 Å². The van der Waals surface area contributed by atoms with Gasteiger partial charge >= 0.3 is 6.03 Å². The highest BCUT2D eigenvalue weighted by Crippen LogP contribution is 2.30. The lowest BCUT2D eigenvalue weighted by atomic mass is 9.94. The Morgan fingerprint density at radius 3 is 2.77 bits per heavy atom. The first kappa shape index (κ1) is 21.6. The number of hydrogen-bond donors (Lipinski definition) is 1. The van der Waals surface area contributed by atoms with Crippen LogP contribution in [0.1, 0.15) is 63.6 Å². The number of likely N-dealkylation sites (tertiary alicyclic amines) is 1. The molecule has 0 radical (unpaired) electrons. The van der Waals surface area contributed by atoms with Crippen LogP contribution in [0.4, 0.5) is 20.6 Å². The van der Waals surface area contributed by atoms with Crippen LogP contribution in [0.5, 0.6) is 0 Å². The number of rotatable bonds is 5. The van der Waals surface area contributed by atoms with Crippen molar-refractivity contribution in [2.45, 2.75) is 70.4 Å². The monoisotopic (exact) mass is 428 g/mol. The Balaban J connectivity index is 1.39. The number of piperidine rings is 1. The largest absolute Gasteiger partial charge is 0.369 e. The van der Waals surface area contributed by atoms with Gasteiger partial charge < -0.3 is 19.7 Å². The standard InChI is InChI=1S/C23H33FN6O/c1-3-29-16-25-27-22(29)17-8-7-13-30(15-17)23(31)26-18-11-12-21(20(24)14-18)28(2)19-9-5-4-6-10-19/h11-12,14,16-17,19H,3-10,13,15H2,1-2H3,(H,26,31)/t17-/m1/s1. The van der Waals surface area contributed by atoms with Gasteiger partial charge in [-0.3, -0.25) is 0 Å². The molecule has 0 bridgehead atoms. The van der Waals surface area contributed by atoms with E-state index in [1.165, 1.54) is 25.3 Å². The Labute approximate surface area is 183 Å². The highest BCUT2D eigenvalue weighted by molar-refractivity contribution is 5.89. The lowest BCUT2D eigenvalue weighted by molar-refractivity contribution is 0.190. The summed E-state index contributed by atoms with van der Waals surface area (Å²) in [5, 5.41) is 11.2. The van der Waals surface area contributed by atoms with Crippen LogP contribution < -0.4 is 10.2 Å². The second-order valence-electron chi connectivity index (χ2n) is 8.76.